The summed E-state index contributed by atoms with van der Waals surface area (Å²) in [6.07, 6.45) is 1.37. The molecule has 1 fully saturated rings. The molecule has 0 unspecified atom stereocenters. The Morgan fingerprint density at radius 1 is 1.13 bits per heavy atom. The van der Waals surface area contributed by atoms with Crippen LogP contribution in [0.1, 0.15) is 36.8 Å². The number of amides is 1. The molecule has 30 heavy (non-hydrogen) atoms. The fourth-order valence-electron chi connectivity index (χ4n) is 3.84. The van der Waals surface area contributed by atoms with E-state index in [9.17, 15) is 18.0 Å². The number of H-pyrrole nitrogens is 1. The molecular weight excluding hydrogens is 395 g/mol. The van der Waals surface area contributed by atoms with Crippen LogP contribution < -0.4 is 10.1 Å². The summed E-state index contributed by atoms with van der Waals surface area (Å²) in [5, 5.41) is 4.13. The SMILES string of the molecule is O=C(Cc1c[nH]c2ccccc12)NC1CCC(Oc2ccc(C(F)(F)F)cn2)CC1. The lowest BCUT2D eigenvalue weighted by Crippen LogP contribution is -2.40. The molecule has 0 spiro atoms. The second kappa shape index (κ2) is 8.38. The maximum Gasteiger partial charge on any atom is 0.417 e. The van der Waals surface area contributed by atoms with Crippen molar-refractivity contribution in [1.82, 2.24) is 15.3 Å². The number of fused-ring (bicyclic) bond motifs is 1. The number of hydrogen-bond acceptors (Lipinski definition) is 3. The van der Waals surface area contributed by atoms with Gasteiger partial charge in [-0.15, -0.1) is 0 Å². The van der Waals surface area contributed by atoms with E-state index in [1.807, 2.05) is 30.5 Å². The minimum absolute atomic E-state index is 0.0199. The van der Waals surface area contributed by atoms with E-state index in [1.54, 1.807) is 0 Å². The van der Waals surface area contributed by atoms with Crippen LogP contribution in [-0.2, 0) is 17.4 Å². The Hall–Kier alpha value is -3.03. The average Bonchev–Trinajstić information content (AvgIpc) is 3.12. The molecular formula is C22H22F3N3O2. The number of hydrogen-bond donors (Lipinski definition) is 2. The van der Waals surface area contributed by atoms with Crippen LogP contribution in [0.15, 0.2) is 48.8 Å². The normalized spacial score (nSPS) is 19.6. The van der Waals surface area contributed by atoms with Crippen molar-refractivity contribution in [2.24, 2.45) is 0 Å². The summed E-state index contributed by atoms with van der Waals surface area (Å²) in [5.41, 5.74) is 1.18. The molecule has 0 bridgehead atoms. The maximum atomic E-state index is 12.6. The molecule has 1 aliphatic carbocycles. The van der Waals surface area contributed by atoms with E-state index in [4.69, 9.17) is 4.74 Å². The van der Waals surface area contributed by atoms with E-state index in [-0.39, 0.29) is 23.9 Å². The predicted octanol–water partition coefficient (Wildman–Crippen LogP) is 4.63. The van der Waals surface area contributed by atoms with Gasteiger partial charge in [0.1, 0.15) is 6.10 Å². The molecule has 0 aliphatic heterocycles. The number of nitrogens with zero attached hydrogens (tertiary/aromatic N) is 1. The lowest BCUT2D eigenvalue weighted by Gasteiger charge is -2.29. The summed E-state index contributed by atoms with van der Waals surface area (Å²) in [7, 11) is 0. The zero-order valence-electron chi connectivity index (χ0n) is 16.2. The van der Waals surface area contributed by atoms with Crippen LogP contribution in [0.5, 0.6) is 5.88 Å². The minimum atomic E-state index is -4.41. The van der Waals surface area contributed by atoms with Crippen molar-refractivity contribution in [3.63, 3.8) is 0 Å². The molecule has 1 amide bonds. The lowest BCUT2D eigenvalue weighted by molar-refractivity contribution is -0.137. The highest BCUT2D eigenvalue weighted by molar-refractivity contribution is 5.88. The van der Waals surface area contributed by atoms with Gasteiger partial charge in [-0.3, -0.25) is 4.79 Å². The van der Waals surface area contributed by atoms with Crippen LogP contribution >= 0.6 is 0 Å². The van der Waals surface area contributed by atoms with Gasteiger partial charge < -0.3 is 15.0 Å². The van der Waals surface area contributed by atoms with E-state index < -0.39 is 11.7 Å². The van der Waals surface area contributed by atoms with Crippen molar-refractivity contribution in [2.75, 3.05) is 0 Å². The summed E-state index contributed by atoms with van der Waals surface area (Å²) >= 11 is 0. The van der Waals surface area contributed by atoms with Crippen LogP contribution in [0.4, 0.5) is 13.2 Å². The summed E-state index contributed by atoms with van der Waals surface area (Å²) in [5.74, 6) is 0.170. The molecule has 5 nitrogen and oxygen atoms in total. The van der Waals surface area contributed by atoms with Gasteiger partial charge in [-0.25, -0.2) is 4.98 Å². The van der Waals surface area contributed by atoms with Gasteiger partial charge >= 0.3 is 6.18 Å². The Labute approximate surface area is 171 Å². The lowest BCUT2D eigenvalue weighted by atomic mass is 9.92. The number of halogens is 3. The number of aromatic nitrogens is 2. The first kappa shape index (κ1) is 20.3. The largest absolute Gasteiger partial charge is 0.474 e. The molecule has 2 aromatic heterocycles. The third kappa shape index (κ3) is 4.75. The van der Waals surface area contributed by atoms with Gasteiger partial charge in [0.05, 0.1) is 12.0 Å². The van der Waals surface area contributed by atoms with Crippen molar-refractivity contribution in [1.29, 1.82) is 0 Å². The molecule has 0 atom stereocenters. The topological polar surface area (TPSA) is 67.0 Å². The number of benzene rings is 1. The van der Waals surface area contributed by atoms with Crippen LogP contribution in [0.25, 0.3) is 10.9 Å². The molecule has 1 aromatic carbocycles. The van der Waals surface area contributed by atoms with Crippen molar-refractivity contribution in [3.05, 3.63) is 59.9 Å². The second-order valence-electron chi connectivity index (χ2n) is 7.58. The molecule has 3 aromatic rings. The van der Waals surface area contributed by atoms with Crippen LogP contribution in [0.3, 0.4) is 0 Å². The molecule has 1 saturated carbocycles. The number of nitrogens with one attached hydrogen (secondary N) is 2. The van der Waals surface area contributed by atoms with Crippen molar-refractivity contribution < 1.29 is 22.7 Å². The van der Waals surface area contributed by atoms with Gasteiger partial charge in [0.15, 0.2) is 0 Å². The molecule has 0 saturated heterocycles. The summed E-state index contributed by atoms with van der Waals surface area (Å²) in [6.45, 7) is 0. The first-order valence-corrected chi connectivity index (χ1v) is 9.93. The molecule has 4 rings (SSSR count). The quantitative estimate of drug-likeness (QED) is 0.636. The number of carbonyl (C=O) groups excluding carboxylic acids is 1. The zero-order valence-corrected chi connectivity index (χ0v) is 16.2. The molecule has 1 aliphatic rings. The van der Waals surface area contributed by atoms with E-state index in [0.717, 1.165) is 41.6 Å². The number of alkyl halides is 3. The Morgan fingerprint density at radius 3 is 2.60 bits per heavy atom. The van der Waals surface area contributed by atoms with E-state index in [1.165, 1.54) is 6.07 Å². The zero-order chi connectivity index (χ0) is 21.1. The second-order valence-corrected chi connectivity index (χ2v) is 7.58. The average molecular weight is 417 g/mol. The molecule has 0 radical (unpaired) electrons. The van der Waals surface area contributed by atoms with E-state index in [0.29, 0.717) is 19.3 Å². The van der Waals surface area contributed by atoms with Crippen LogP contribution in [0.2, 0.25) is 0 Å². The molecule has 2 N–H and O–H groups in total. The fraction of sp³-hybridized carbons (Fsp3) is 0.364. The number of pyridine rings is 1. The smallest absolute Gasteiger partial charge is 0.417 e. The summed E-state index contributed by atoms with van der Waals surface area (Å²) < 4.78 is 43.5. The number of aromatic amines is 1. The number of carbonyl (C=O) groups is 1. The third-order valence-electron chi connectivity index (χ3n) is 5.42. The van der Waals surface area contributed by atoms with Crippen molar-refractivity contribution in [3.8, 4) is 5.88 Å². The first-order chi connectivity index (χ1) is 14.4. The van der Waals surface area contributed by atoms with Gasteiger partial charge in [0.25, 0.3) is 0 Å². The van der Waals surface area contributed by atoms with Gasteiger partial charge in [-0.2, -0.15) is 13.2 Å². The van der Waals surface area contributed by atoms with Gasteiger partial charge in [-0.05, 0) is 43.4 Å². The molecule has 158 valence electrons. The number of para-hydroxylation sites is 1. The Kier molecular flexibility index (Phi) is 5.65. The Morgan fingerprint density at radius 2 is 1.90 bits per heavy atom. The minimum Gasteiger partial charge on any atom is -0.474 e. The molecule has 2 heterocycles. The van der Waals surface area contributed by atoms with Crippen LogP contribution in [-0.4, -0.2) is 28.0 Å². The van der Waals surface area contributed by atoms with Crippen LogP contribution in [0, 0.1) is 0 Å². The molecule has 8 heteroatoms. The standard InChI is InChI=1S/C22H22F3N3O2/c23-22(24,25)15-5-10-21(27-13-15)30-17-8-6-16(7-9-17)28-20(29)11-14-12-26-19-4-2-1-3-18(14)19/h1-5,10,12-13,16-17,26H,6-9,11H2,(H,28,29). The number of ether oxygens (including phenoxy) is 1. The van der Waals surface area contributed by atoms with E-state index in [2.05, 4.69) is 15.3 Å². The highest BCUT2D eigenvalue weighted by Gasteiger charge is 2.31. The fourth-order valence-corrected chi connectivity index (χ4v) is 3.84. The maximum absolute atomic E-state index is 12.6. The van der Waals surface area contributed by atoms with Gasteiger partial charge in [-0.1, -0.05) is 18.2 Å². The van der Waals surface area contributed by atoms with Gasteiger partial charge in [0, 0.05) is 35.4 Å². The highest BCUT2D eigenvalue weighted by Crippen LogP contribution is 2.30. The number of rotatable bonds is 5. The predicted molar refractivity (Wildman–Crippen MR) is 106 cm³/mol. The van der Waals surface area contributed by atoms with E-state index >= 15 is 0 Å². The summed E-state index contributed by atoms with van der Waals surface area (Å²) in [6, 6.07) is 10.2. The van der Waals surface area contributed by atoms with Crippen molar-refractivity contribution in [2.45, 2.75) is 50.4 Å². The highest BCUT2D eigenvalue weighted by atomic mass is 19.4. The Bertz CT molecular complexity index is 1010. The summed E-state index contributed by atoms with van der Waals surface area (Å²) in [4.78, 5) is 19.4. The van der Waals surface area contributed by atoms with Crippen molar-refractivity contribution >= 4 is 16.8 Å². The van der Waals surface area contributed by atoms with Gasteiger partial charge in [0.2, 0.25) is 11.8 Å². The Balaban J connectivity index is 1.25. The monoisotopic (exact) mass is 417 g/mol. The first-order valence-electron chi connectivity index (χ1n) is 9.93. The third-order valence-corrected chi connectivity index (χ3v) is 5.42.